The fourth-order valence-corrected chi connectivity index (χ4v) is 2.36. The lowest BCUT2D eigenvalue weighted by molar-refractivity contribution is 0.0793. The standard InChI is InChI=1S/C16H22N2O/c1-13-7-5-6-12-18(2)16(19)14-8-3-4-9-15(14)17-11-10-13/h3-4,8-9,11,13H,5-7,10,12H2,1-2H3. The third-order valence-corrected chi connectivity index (χ3v) is 3.66. The topological polar surface area (TPSA) is 32.7 Å². The van der Waals surface area contributed by atoms with Crippen LogP contribution in [0.2, 0.25) is 0 Å². The molecule has 1 aliphatic heterocycles. The number of rotatable bonds is 0. The zero-order valence-electron chi connectivity index (χ0n) is 11.8. The van der Waals surface area contributed by atoms with Gasteiger partial charge in [-0.1, -0.05) is 31.9 Å². The van der Waals surface area contributed by atoms with Gasteiger partial charge in [-0.25, -0.2) is 0 Å². The average Bonchev–Trinajstić information content (AvgIpc) is 2.42. The Hall–Kier alpha value is -1.64. The van der Waals surface area contributed by atoms with Crippen molar-refractivity contribution in [3.8, 4) is 0 Å². The van der Waals surface area contributed by atoms with Crippen LogP contribution in [0.15, 0.2) is 29.3 Å². The minimum absolute atomic E-state index is 0.0707. The molecule has 0 aliphatic carbocycles. The second kappa shape index (κ2) is 6.50. The van der Waals surface area contributed by atoms with Crippen molar-refractivity contribution in [1.82, 2.24) is 4.90 Å². The summed E-state index contributed by atoms with van der Waals surface area (Å²) < 4.78 is 0. The van der Waals surface area contributed by atoms with E-state index >= 15 is 0 Å². The quantitative estimate of drug-likeness (QED) is 0.699. The molecular weight excluding hydrogens is 236 g/mol. The number of carbonyl (C=O) groups is 1. The van der Waals surface area contributed by atoms with E-state index in [2.05, 4.69) is 11.9 Å². The predicted octanol–water partition coefficient (Wildman–Crippen LogP) is 3.67. The van der Waals surface area contributed by atoms with Crippen LogP contribution in [0.4, 0.5) is 5.69 Å². The Labute approximate surface area is 115 Å². The van der Waals surface area contributed by atoms with E-state index in [9.17, 15) is 4.79 Å². The third-order valence-electron chi connectivity index (χ3n) is 3.66. The number of benzene rings is 1. The molecule has 1 unspecified atom stereocenters. The highest BCUT2D eigenvalue weighted by molar-refractivity contribution is 5.99. The van der Waals surface area contributed by atoms with Crippen molar-refractivity contribution in [1.29, 1.82) is 0 Å². The summed E-state index contributed by atoms with van der Waals surface area (Å²) in [5.74, 6) is 0.734. The molecule has 1 heterocycles. The van der Waals surface area contributed by atoms with Crippen molar-refractivity contribution in [2.45, 2.75) is 32.6 Å². The first kappa shape index (κ1) is 13.8. The normalized spacial score (nSPS) is 21.5. The van der Waals surface area contributed by atoms with Gasteiger partial charge in [-0.3, -0.25) is 9.79 Å². The molecule has 0 N–H and O–H groups in total. The van der Waals surface area contributed by atoms with Gasteiger partial charge in [0.15, 0.2) is 0 Å². The van der Waals surface area contributed by atoms with Crippen molar-refractivity contribution in [2.24, 2.45) is 10.9 Å². The Kier molecular flexibility index (Phi) is 4.72. The molecule has 1 aromatic rings. The van der Waals surface area contributed by atoms with Crippen molar-refractivity contribution in [3.05, 3.63) is 29.8 Å². The highest BCUT2D eigenvalue weighted by Gasteiger charge is 2.15. The summed E-state index contributed by atoms with van der Waals surface area (Å²) in [7, 11) is 1.87. The molecule has 0 fully saturated rings. The molecule has 1 aliphatic rings. The van der Waals surface area contributed by atoms with Crippen LogP contribution in [0.1, 0.15) is 43.0 Å². The second-order valence-corrected chi connectivity index (χ2v) is 5.39. The SMILES string of the molecule is CC1CC=Nc2ccccc2C(=O)N(C)CCCC1. The van der Waals surface area contributed by atoms with E-state index in [0.717, 1.165) is 25.1 Å². The number of fused-ring (bicyclic) bond motifs is 1. The molecule has 19 heavy (non-hydrogen) atoms. The van der Waals surface area contributed by atoms with Crippen molar-refractivity contribution in [2.75, 3.05) is 13.6 Å². The number of amides is 1. The van der Waals surface area contributed by atoms with Crippen LogP contribution >= 0.6 is 0 Å². The molecule has 0 spiro atoms. The van der Waals surface area contributed by atoms with Crippen molar-refractivity contribution < 1.29 is 4.79 Å². The zero-order valence-corrected chi connectivity index (χ0v) is 11.8. The van der Waals surface area contributed by atoms with Gasteiger partial charge in [0.05, 0.1) is 11.3 Å². The Morgan fingerprint density at radius 2 is 2.05 bits per heavy atom. The first-order valence-electron chi connectivity index (χ1n) is 7.05. The lowest BCUT2D eigenvalue weighted by Crippen LogP contribution is -2.28. The molecule has 3 heteroatoms. The van der Waals surface area contributed by atoms with Crippen LogP contribution in [0, 0.1) is 5.92 Å². The Morgan fingerprint density at radius 3 is 2.89 bits per heavy atom. The summed E-state index contributed by atoms with van der Waals surface area (Å²) in [5.41, 5.74) is 1.49. The first-order valence-corrected chi connectivity index (χ1v) is 7.05. The maximum atomic E-state index is 12.4. The fourth-order valence-electron chi connectivity index (χ4n) is 2.36. The third kappa shape index (κ3) is 3.66. The van der Waals surface area contributed by atoms with Crippen LogP contribution in [0.5, 0.6) is 0 Å². The summed E-state index contributed by atoms with van der Waals surface area (Å²) in [5, 5.41) is 0. The Balaban J connectivity index is 2.29. The number of para-hydroxylation sites is 1. The number of carbonyl (C=O) groups excluding carboxylic acids is 1. The molecule has 1 amide bonds. The largest absolute Gasteiger partial charge is 0.342 e. The smallest absolute Gasteiger partial charge is 0.255 e. The number of hydrogen-bond donors (Lipinski definition) is 0. The van der Waals surface area contributed by atoms with Gasteiger partial charge in [-0.2, -0.15) is 0 Å². The lowest BCUT2D eigenvalue weighted by atomic mass is 10.0. The monoisotopic (exact) mass is 258 g/mol. The molecule has 1 aromatic carbocycles. The van der Waals surface area contributed by atoms with E-state index in [1.54, 1.807) is 4.90 Å². The van der Waals surface area contributed by atoms with Crippen LogP contribution in [-0.4, -0.2) is 30.6 Å². The highest BCUT2D eigenvalue weighted by Crippen LogP contribution is 2.21. The van der Waals surface area contributed by atoms with E-state index in [0.29, 0.717) is 11.5 Å². The van der Waals surface area contributed by atoms with Gasteiger partial charge in [-0.15, -0.1) is 0 Å². The Bertz CT molecular complexity index is 468. The fraction of sp³-hybridized carbons (Fsp3) is 0.500. The van der Waals surface area contributed by atoms with Crippen molar-refractivity contribution >= 4 is 17.8 Å². The minimum atomic E-state index is 0.0707. The summed E-state index contributed by atoms with van der Waals surface area (Å²) in [6, 6.07) is 7.60. The summed E-state index contributed by atoms with van der Waals surface area (Å²) in [6.07, 6.45) is 6.40. The molecule has 0 saturated heterocycles. The van der Waals surface area contributed by atoms with Crippen LogP contribution in [0.3, 0.4) is 0 Å². The average molecular weight is 258 g/mol. The first-order chi connectivity index (χ1) is 9.18. The molecular formula is C16H22N2O. The summed E-state index contributed by atoms with van der Waals surface area (Å²) in [4.78, 5) is 18.7. The van der Waals surface area contributed by atoms with E-state index in [1.165, 1.54) is 12.8 Å². The molecule has 0 bridgehead atoms. The zero-order chi connectivity index (χ0) is 13.7. The highest BCUT2D eigenvalue weighted by atomic mass is 16.2. The molecule has 0 aromatic heterocycles. The van der Waals surface area contributed by atoms with Gasteiger partial charge in [-0.05, 0) is 30.9 Å². The molecule has 3 nitrogen and oxygen atoms in total. The second-order valence-electron chi connectivity index (χ2n) is 5.39. The molecule has 2 rings (SSSR count). The maximum absolute atomic E-state index is 12.4. The molecule has 0 saturated carbocycles. The van der Waals surface area contributed by atoms with Gasteiger partial charge >= 0.3 is 0 Å². The minimum Gasteiger partial charge on any atom is -0.342 e. The maximum Gasteiger partial charge on any atom is 0.255 e. The van der Waals surface area contributed by atoms with E-state index in [1.807, 2.05) is 37.5 Å². The molecule has 102 valence electrons. The molecule has 0 radical (unpaired) electrons. The summed E-state index contributed by atoms with van der Waals surface area (Å²) >= 11 is 0. The van der Waals surface area contributed by atoms with Gasteiger partial charge in [0.25, 0.3) is 5.91 Å². The van der Waals surface area contributed by atoms with Crippen molar-refractivity contribution in [3.63, 3.8) is 0 Å². The lowest BCUT2D eigenvalue weighted by Gasteiger charge is -2.19. The van der Waals surface area contributed by atoms with E-state index in [4.69, 9.17) is 0 Å². The van der Waals surface area contributed by atoms with E-state index in [-0.39, 0.29) is 5.91 Å². The van der Waals surface area contributed by atoms with Gasteiger partial charge in [0.2, 0.25) is 0 Å². The number of aliphatic imine (C=N–C) groups is 1. The van der Waals surface area contributed by atoms with Crippen LogP contribution in [0.25, 0.3) is 0 Å². The summed E-state index contributed by atoms with van der Waals surface area (Å²) in [6.45, 7) is 3.09. The predicted molar refractivity (Wildman–Crippen MR) is 79.2 cm³/mol. The van der Waals surface area contributed by atoms with Crippen LogP contribution in [-0.2, 0) is 0 Å². The van der Waals surface area contributed by atoms with Gasteiger partial charge in [0.1, 0.15) is 0 Å². The Morgan fingerprint density at radius 1 is 1.26 bits per heavy atom. The number of nitrogens with zero attached hydrogens (tertiary/aromatic N) is 2. The van der Waals surface area contributed by atoms with E-state index < -0.39 is 0 Å². The van der Waals surface area contributed by atoms with Gasteiger partial charge < -0.3 is 4.90 Å². The van der Waals surface area contributed by atoms with Crippen LogP contribution < -0.4 is 0 Å². The number of hydrogen-bond acceptors (Lipinski definition) is 2. The van der Waals surface area contributed by atoms with Gasteiger partial charge in [0, 0.05) is 19.8 Å². The molecule has 1 atom stereocenters.